The summed E-state index contributed by atoms with van der Waals surface area (Å²) in [6, 6.07) is 7.06. The van der Waals surface area contributed by atoms with Crippen LogP contribution in [0.25, 0.3) is 0 Å². The third kappa shape index (κ3) is 2.30. The van der Waals surface area contributed by atoms with Crippen LogP contribution in [0.1, 0.15) is 41.6 Å². The first kappa shape index (κ1) is 12.4. The van der Waals surface area contributed by atoms with Crippen LogP contribution < -0.4 is 5.32 Å². The highest BCUT2D eigenvalue weighted by atomic mass is 16.3. The lowest BCUT2D eigenvalue weighted by molar-refractivity contribution is 0.0918. The van der Waals surface area contributed by atoms with Gasteiger partial charge < -0.3 is 10.4 Å². The predicted molar refractivity (Wildman–Crippen MR) is 67.1 cm³/mol. The highest BCUT2D eigenvalue weighted by Crippen LogP contribution is 2.30. The van der Waals surface area contributed by atoms with E-state index < -0.39 is 5.54 Å². The molecular formula is C14H16N2O2. The van der Waals surface area contributed by atoms with Crippen molar-refractivity contribution in [3.05, 3.63) is 29.3 Å². The molecule has 4 heteroatoms. The van der Waals surface area contributed by atoms with Gasteiger partial charge in [0, 0.05) is 0 Å². The second kappa shape index (κ2) is 4.69. The van der Waals surface area contributed by atoms with Crippen LogP contribution in [-0.2, 0) is 0 Å². The van der Waals surface area contributed by atoms with Gasteiger partial charge in [-0.15, -0.1) is 0 Å². The van der Waals surface area contributed by atoms with Gasteiger partial charge in [-0.1, -0.05) is 11.6 Å². The van der Waals surface area contributed by atoms with E-state index in [1.54, 1.807) is 12.1 Å². The number of rotatable bonds is 2. The minimum atomic E-state index is -0.757. The summed E-state index contributed by atoms with van der Waals surface area (Å²) in [5.74, 6) is -0.427. The van der Waals surface area contributed by atoms with Gasteiger partial charge in [-0.05, 0) is 44.7 Å². The number of aromatic hydroxyl groups is 1. The zero-order valence-corrected chi connectivity index (χ0v) is 10.4. The Labute approximate surface area is 106 Å². The molecule has 0 radical (unpaired) electrons. The van der Waals surface area contributed by atoms with Crippen molar-refractivity contribution in [1.29, 1.82) is 5.26 Å². The molecule has 1 aliphatic carbocycles. The first-order valence-corrected chi connectivity index (χ1v) is 6.10. The normalized spacial score (nSPS) is 17.1. The van der Waals surface area contributed by atoms with E-state index in [1.165, 1.54) is 6.07 Å². The molecular weight excluding hydrogens is 228 g/mol. The quantitative estimate of drug-likeness (QED) is 0.838. The van der Waals surface area contributed by atoms with Crippen molar-refractivity contribution in [3.63, 3.8) is 0 Å². The van der Waals surface area contributed by atoms with Gasteiger partial charge in [-0.25, -0.2) is 0 Å². The summed E-state index contributed by atoms with van der Waals surface area (Å²) in [7, 11) is 0. The molecule has 1 aromatic rings. The van der Waals surface area contributed by atoms with Crippen LogP contribution in [0.15, 0.2) is 18.2 Å². The van der Waals surface area contributed by atoms with Crippen molar-refractivity contribution >= 4 is 5.91 Å². The lowest BCUT2D eigenvalue weighted by atomic mass is 9.99. The number of aryl methyl sites for hydroxylation is 1. The number of hydrogen-bond donors (Lipinski definition) is 2. The zero-order valence-electron chi connectivity index (χ0n) is 10.4. The average molecular weight is 244 g/mol. The van der Waals surface area contributed by atoms with Gasteiger partial charge in [0.05, 0.1) is 11.6 Å². The number of carbonyl (C=O) groups excluding carboxylic acids is 1. The van der Waals surface area contributed by atoms with Crippen LogP contribution in [0.3, 0.4) is 0 Å². The molecule has 0 aromatic heterocycles. The van der Waals surface area contributed by atoms with Crippen LogP contribution in [-0.4, -0.2) is 16.6 Å². The molecule has 4 nitrogen and oxygen atoms in total. The minimum Gasteiger partial charge on any atom is -0.507 e. The lowest BCUT2D eigenvalue weighted by Crippen LogP contribution is -2.45. The van der Waals surface area contributed by atoms with Crippen molar-refractivity contribution in [2.45, 2.75) is 38.1 Å². The van der Waals surface area contributed by atoms with Gasteiger partial charge in [0.2, 0.25) is 0 Å². The molecule has 18 heavy (non-hydrogen) atoms. The molecule has 94 valence electrons. The summed E-state index contributed by atoms with van der Waals surface area (Å²) in [6.07, 6.45) is 3.27. The number of amides is 1. The maximum atomic E-state index is 12.1. The molecule has 1 amide bonds. The number of nitrogens with one attached hydrogen (secondary N) is 1. The Morgan fingerprint density at radius 2 is 2.11 bits per heavy atom. The van der Waals surface area contributed by atoms with Gasteiger partial charge in [-0.3, -0.25) is 4.79 Å². The third-order valence-electron chi connectivity index (χ3n) is 3.42. The third-order valence-corrected chi connectivity index (χ3v) is 3.42. The Morgan fingerprint density at radius 1 is 1.44 bits per heavy atom. The lowest BCUT2D eigenvalue weighted by Gasteiger charge is -2.22. The highest BCUT2D eigenvalue weighted by Gasteiger charge is 2.35. The summed E-state index contributed by atoms with van der Waals surface area (Å²) in [5, 5.41) is 21.7. The number of hydrogen-bond acceptors (Lipinski definition) is 3. The Hall–Kier alpha value is -2.02. The fourth-order valence-electron chi connectivity index (χ4n) is 2.36. The Bertz CT molecular complexity index is 511. The number of phenols is 1. The van der Waals surface area contributed by atoms with Gasteiger partial charge in [0.15, 0.2) is 0 Å². The summed E-state index contributed by atoms with van der Waals surface area (Å²) >= 11 is 0. The molecule has 1 fully saturated rings. The van der Waals surface area contributed by atoms with E-state index in [0.29, 0.717) is 12.8 Å². The molecule has 2 N–H and O–H groups in total. The van der Waals surface area contributed by atoms with Crippen molar-refractivity contribution in [1.82, 2.24) is 5.32 Å². The van der Waals surface area contributed by atoms with Crippen LogP contribution in [0.5, 0.6) is 5.75 Å². The first-order chi connectivity index (χ1) is 8.56. The number of benzene rings is 1. The van der Waals surface area contributed by atoms with Gasteiger partial charge in [0.1, 0.15) is 11.3 Å². The van der Waals surface area contributed by atoms with E-state index in [9.17, 15) is 15.2 Å². The Kier molecular flexibility index (Phi) is 3.24. The molecule has 0 aliphatic heterocycles. The average Bonchev–Trinajstić information content (AvgIpc) is 2.81. The number of carbonyl (C=O) groups is 1. The van der Waals surface area contributed by atoms with Gasteiger partial charge in [-0.2, -0.15) is 5.26 Å². The first-order valence-electron chi connectivity index (χ1n) is 6.10. The molecule has 1 aromatic carbocycles. The number of nitriles is 1. The van der Waals surface area contributed by atoms with Crippen molar-refractivity contribution in [2.75, 3.05) is 0 Å². The molecule has 1 aliphatic rings. The van der Waals surface area contributed by atoms with Crippen molar-refractivity contribution in [3.8, 4) is 11.8 Å². The molecule has 1 saturated carbocycles. The summed E-state index contributed by atoms with van der Waals surface area (Å²) in [6.45, 7) is 1.85. The van der Waals surface area contributed by atoms with E-state index in [1.807, 2.05) is 6.92 Å². The van der Waals surface area contributed by atoms with E-state index in [-0.39, 0.29) is 17.2 Å². The van der Waals surface area contributed by atoms with E-state index in [0.717, 1.165) is 18.4 Å². The summed E-state index contributed by atoms with van der Waals surface area (Å²) < 4.78 is 0. The van der Waals surface area contributed by atoms with Gasteiger partial charge >= 0.3 is 0 Å². The molecule has 0 saturated heterocycles. The number of phenolic OH excluding ortho intramolecular Hbond substituents is 1. The maximum Gasteiger partial charge on any atom is 0.256 e. The molecule has 2 rings (SSSR count). The molecule has 0 bridgehead atoms. The summed E-state index contributed by atoms with van der Waals surface area (Å²) in [4.78, 5) is 12.1. The Balaban J connectivity index is 2.22. The highest BCUT2D eigenvalue weighted by molar-refractivity contribution is 5.97. The maximum absolute atomic E-state index is 12.1. The standard InChI is InChI=1S/C14H16N2O2/c1-10-4-5-12(17)11(8-10)13(18)16-14(9-15)6-2-3-7-14/h4-5,8,17H,2-3,6-7H2,1H3,(H,16,18). The van der Waals surface area contributed by atoms with E-state index >= 15 is 0 Å². The van der Waals surface area contributed by atoms with Gasteiger partial charge in [0.25, 0.3) is 5.91 Å². The summed E-state index contributed by atoms with van der Waals surface area (Å²) in [5.41, 5.74) is 0.375. The second-order valence-electron chi connectivity index (χ2n) is 4.88. The second-order valence-corrected chi connectivity index (χ2v) is 4.88. The van der Waals surface area contributed by atoms with Crippen molar-refractivity contribution < 1.29 is 9.90 Å². The monoisotopic (exact) mass is 244 g/mol. The van der Waals surface area contributed by atoms with Crippen LogP contribution >= 0.6 is 0 Å². The zero-order chi connectivity index (χ0) is 13.2. The van der Waals surface area contributed by atoms with Crippen LogP contribution in [0.4, 0.5) is 0 Å². The topological polar surface area (TPSA) is 73.1 Å². The van der Waals surface area contributed by atoms with Crippen LogP contribution in [0, 0.1) is 18.3 Å². The predicted octanol–water partition coefficient (Wildman–Crippen LogP) is 2.27. The molecule has 0 spiro atoms. The Morgan fingerprint density at radius 3 is 2.72 bits per heavy atom. The number of nitrogens with zero attached hydrogens (tertiary/aromatic N) is 1. The molecule has 0 unspecified atom stereocenters. The SMILES string of the molecule is Cc1ccc(O)c(C(=O)NC2(C#N)CCCC2)c1. The van der Waals surface area contributed by atoms with Crippen molar-refractivity contribution in [2.24, 2.45) is 0 Å². The van der Waals surface area contributed by atoms with Crippen LogP contribution in [0.2, 0.25) is 0 Å². The minimum absolute atomic E-state index is 0.0517. The van der Waals surface area contributed by atoms with E-state index in [4.69, 9.17) is 0 Å². The smallest absolute Gasteiger partial charge is 0.256 e. The molecule has 0 atom stereocenters. The fourth-order valence-corrected chi connectivity index (χ4v) is 2.36. The van der Waals surface area contributed by atoms with E-state index in [2.05, 4.69) is 11.4 Å². The largest absolute Gasteiger partial charge is 0.507 e. The molecule has 0 heterocycles. The fraction of sp³-hybridized carbons (Fsp3) is 0.429.